The molecule has 2 amide bonds. The molecule has 6 nitrogen and oxygen atoms in total. The van der Waals surface area contributed by atoms with E-state index in [9.17, 15) is 9.59 Å². The van der Waals surface area contributed by atoms with E-state index in [1.807, 2.05) is 30.3 Å². The Morgan fingerprint density at radius 2 is 1.69 bits per heavy atom. The number of methoxy groups -OCH3 is 2. The van der Waals surface area contributed by atoms with Gasteiger partial charge in [0.1, 0.15) is 11.5 Å². The van der Waals surface area contributed by atoms with E-state index in [1.54, 1.807) is 37.3 Å². The lowest BCUT2D eigenvalue weighted by Gasteiger charge is -2.25. The van der Waals surface area contributed by atoms with Crippen LogP contribution in [-0.2, 0) is 9.59 Å². The van der Waals surface area contributed by atoms with Crippen molar-refractivity contribution >= 4 is 23.2 Å². The summed E-state index contributed by atoms with van der Waals surface area (Å²) in [7, 11) is 4.82. The van der Waals surface area contributed by atoms with E-state index in [0.717, 1.165) is 5.69 Å². The smallest absolute Gasteiger partial charge is 0.228 e. The lowest BCUT2D eigenvalue weighted by atomic mass is 10.2. The highest BCUT2D eigenvalue weighted by Crippen LogP contribution is 2.32. The van der Waals surface area contributed by atoms with Crippen molar-refractivity contribution in [1.29, 1.82) is 0 Å². The molecule has 138 valence electrons. The third-order valence-electron chi connectivity index (χ3n) is 4.12. The van der Waals surface area contributed by atoms with Gasteiger partial charge < -0.3 is 19.3 Å². The number of para-hydroxylation sites is 1. The summed E-state index contributed by atoms with van der Waals surface area (Å²) in [6.07, 6.45) is 0.195. The average Bonchev–Trinajstić information content (AvgIpc) is 2.67. The Morgan fingerprint density at radius 1 is 1.00 bits per heavy atom. The molecule has 0 bridgehead atoms. The Morgan fingerprint density at radius 3 is 2.27 bits per heavy atom. The number of benzene rings is 2. The van der Waals surface area contributed by atoms with Gasteiger partial charge in [-0.05, 0) is 24.3 Å². The Hall–Kier alpha value is -3.02. The van der Waals surface area contributed by atoms with Gasteiger partial charge in [-0.15, -0.1) is 0 Å². The number of carbonyl (C=O) groups is 2. The van der Waals surface area contributed by atoms with Crippen molar-refractivity contribution in [1.82, 2.24) is 0 Å². The van der Waals surface area contributed by atoms with Gasteiger partial charge in [-0.25, -0.2) is 0 Å². The number of carbonyl (C=O) groups excluding carboxylic acids is 2. The zero-order chi connectivity index (χ0) is 19.1. The number of anilines is 2. The first-order valence-corrected chi connectivity index (χ1v) is 8.29. The van der Waals surface area contributed by atoms with E-state index in [0.29, 0.717) is 17.2 Å². The third-order valence-corrected chi connectivity index (χ3v) is 4.12. The summed E-state index contributed by atoms with van der Waals surface area (Å²) >= 11 is 0. The third kappa shape index (κ3) is 4.53. The van der Waals surface area contributed by atoms with Crippen LogP contribution in [-0.4, -0.2) is 39.6 Å². The van der Waals surface area contributed by atoms with Crippen molar-refractivity contribution in [3.8, 4) is 11.5 Å². The van der Waals surface area contributed by atoms with Gasteiger partial charge in [0, 0.05) is 38.7 Å². The molecule has 0 atom stereocenters. The van der Waals surface area contributed by atoms with Gasteiger partial charge in [-0.1, -0.05) is 18.2 Å². The summed E-state index contributed by atoms with van der Waals surface area (Å²) < 4.78 is 10.6. The van der Waals surface area contributed by atoms with E-state index in [-0.39, 0.29) is 24.8 Å². The highest BCUT2D eigenvalue weighted by molar-refractivity contribution is 5.96. The summed E-state index contributed by atoms with van der Waals surface area (Å²) in [4.78, 5) is 27.8. The molecule has 0 spiro atoms. The quantitative estimate of drug-likeness (QED) is 0.765. The molecule has 0 unspecified atom stereocenters. The fourth-order valence-corrected chi connectivity index (χ4v) is 2.63. The van der Waals surface area contributed by atoms with Crippen LogP contribution in [0.3, 0.4) is 0 Å². The molecule has 0 saturated heterocycles. The van der Waals surface area contributed by atoms with Crippen LogP contribution in [0.15, 0.2) is 48.5 Å². The lowest BCUT2D eigenvalue weighted by Crippen LogP contribution is -2.35. The predicted molar refractivity (Wildman–Crippen MR) is 102 cm³/mol. The zero-order valence-electron chi connectivity index (χ0n) is 15.6. The summed E-state index contributed by atoms with van der Waals surface area (Å²) in [6.45, 7) is 1.73. The lowest BCUT2D eigenvalue weighted by molar-refractivity contribution is -0.118. The maximum absolute atomic E-state index is 12.5. The largest absolute Gasteiger partial charge is 0.497 e. The van der Waals surface area contributed by atoms with Crippen molar-refractivity contribution in [3.63, 3.8) is 0 Å². The molecule has 0 saturated carbocycles. The molecule has 0 heterocycles. The normalized spacial score (nSPS) is 10.2. The monoisotopic (exact) mass is 356 g/mol. The topological polar surface area (TPSA) is 59.1 Å². The molecule has 0 aliphatic rings. The fourth-order valence-electron chi connectivity index (χ4n) is 2.63. The second-order valence-electron chi connectivity index (χ2n) is 5.75. The molecule has 2 rings (SSSR count). The summed E-state index contributed by atoms with van der Waals surface area (Å²) in [5.74, 6) is 0.913. The highest BCUT2D eigenvalue weighted by atomic mass is 16.5. The maximum Gasteiger partial charge on any atom is 0.228 e. The summed E-state index contributed by atoms with van der Waals surface area (Å²) in [5.41, 5.74) is 1.42. The van der Waals surface area contributed by atoms with E-state index in [4.69, 9.17) is 9.47 Å². The second kappa shape index (κ2) is 8.89. The number of hydrogen-bond acceptors (Lipinski definition) is 4. The zero-order valence-corrected chi connectivity index (χ0v) is 15.6. The van der Waals surface area contributed by atoms with Gasteiger partial charge in [0.25, 0.3) is 0 Å². The van der Waals surface area contributed by atoms with Crippen molar-refractivity contribution in [2.75, 3.05) is 37.6 Å². The van der Waals surface area contributed by atoms with Crippen molar-refractivity contribution in [2.24, 2.45) is 0 Å². The van der Waals surface area contributed by atoms with E-state index in [1.165, 1.54) is 18.9 Å². The van der Waals surface area contributed by atoms with Gasteiger partial charge in [-0.2, -0.15) is 0 Å². The minimum Gasteiger partial charge on any atom is -0.497 e. The second-order valence-corrected chi connectivity index (χ2v) is 5.75. The average molecular weight is 356 g/mol. The van der Waals surface area contributed by atoms with Crippen LogP contribution in [0.2, 0.25) is 0 Å². The molecule has 0 aromatic heterocycles. The molecule has 0 aliphatic heterocycles. The minimum atomic E-state index is -0.163. The molecule has 2 aromatic rings. The molecule has 6 heteroatoms. The van der Waals surface area contributed by atoms with Crippen LogP contribution in [0.25, 0.3) is 0 Å². The van der Waals surface area contributed by atoms with Crippen LogP contribution in [0.5, 0.6) is 11.5 Å². The number of rotatable bonds is 7. The SMILES string of the molecule is COc1ccc(N(CCC(=O)N(C)c2ccccc2)C(C)=O)c(OC)c1. The van der Waals surface area contributed by atoms with Crippen LogP contribution < -0.4 is 19.3 Å². The fraction of sp³-hybridized carbons (Fsp3) is 0.300. The van der Waals surface area contributed by atoms with E-state index >= 15 is 0 Å². The molecule has 0 N–H and O–H groups in total. The van der Waals surface area contributed by atoms with Gasteiger partial charge in [0.05, 0.1) is 19.9 Å². The minimum absolute atomic E-state index is 0.0741. The Bertz CT molecular complexity index is 762. The van der Waals surface area contributed by atoms with E-state index < -0.39 is 0 Å². The van der Waals surface area contributed by atoms with Gasteiger partial charge in [-0.3, -0.25) is 9.59 Å². The molecule has 26 heavy (non-hydrogen) atoms. The number of nitrogens with zero attached hydrogens (tertiary/aromatic N) is 2. The van der Waals surface area contributed by atoms with Gasteiger partial charge in [0.2, 0.25) is 11.8 Å². The molecule has 2 aromatic carbocycles. The molecular formula is C20H24N2O4. The number of ether oxygens (including phenoxy) is 2. The summed E-state index contributed by atoms with van der Waals surface area (Å²) in [5, 5.41) is 0. The predicted octanol–water partition coefficient (Wildman–Crippen LogP) is 3.11. The Kier molecular flexibility index (Phi) is 6.60. The van der Waals surface area contributed by atoms with Gasteiger partial charge >= 0.3 is 0 Å². The Balaban J connectivity index is 2.14. The van der Waals surface area contributed by atoms with E-state index in [2.05, 4.69) is 0 Å². The Labute approximate surface area is 153 Å². The highest BCUT2D eigenvalue weighted by Gasteiger charge is 2.19. The number of hydrogen-bond donors (Lipinski definition) is 0. The van der Waals surface area contributed by atoms with Gasteiger partial charge in [0.15, 0.2) is 0 Å². The van der Waals surface area contributed by atoms with Crippen molar-refractivity contribution < 1.29 is 19.1 Å². The number of amides is 2. The standard InChI is InChI=1S/C20H24N2O4/c1-15(23)22(18-11-10-17(25-3)14-19(18)26-4)13-12-20(24)21(2)16-8-6-5-7-9-16/h5-11,14H,12-13H2,1-4H3. The first-order chi connectivity index (χ1) is 12.5. The first kappa shape index (κ1) is 19.3. The van der Waals surface area contributed by atoms with Crippen molar-refractivity contribution in [3.05, 3.63) is 48.5 Å². The summed E-state index contributed by atoms with van der Waals surface area (Å²) in [6, 6.07) is 14.6. The molecular weight excluding hydrogens is 332 g/mol. The van der Waals surface area contributed by atoms with Crippen LogP contribution in [0.4, 0.5) is 11.4 Å². The first-order valence-electron chi connectivity index (χ1n) is 8.29. The molecule has 0 radical (unpaired) electrons. The van der Waals surface area contributed by atoms with Crippen LogP contribution >= 0.6 is 0 Å². The molecule has 0 aliphatic carbocycles. The van der Waals surface area contributed by atoms with Crippen LogP contribution in [0, 0.1) is 0 Å². The van der Waals surface area contributed by atoms with Crippen LogP contribution in [0.1, 0.15) is 13.3 Å². The maximum atomic E-state index is 12.5. The molecule has 0 fully saturated rings. The van der Waals surface area contributed by atoms with Crippen molar-refractivity contribution in [2.45, 2.75) is 13.3 Å².